The van der Waals surface area contributed by atoms with Crippen LogP contribution in [0.15, 0.2) is 79.1 Å². The van der Waals surface area contributed by atoms with Crippen LogP contribution >= 0.6 is 0 Å². The average Bonchev–Trinajstić information content (AvgIpc) is 3.07. The zero-order chi connectivity index (χ0) is 17.1. The zero-order valence-corrected chi connectivity index (χ0v) is 13.3. The molecule has 0 fully saturated rings. The van der Waals surface area contributed by atoms with Crippen LogP contribution in [0.5, 0.6) is 0 Å². The molecule has 0 bridgehead atoms. The Bertz CT molecular complexity index is 1030. The third-order valence-electron chi connectivity index (χ3n) is 3.74. The molecule has 2 aromatic carbocycles. The first-order valence-corrected chi connectivity index (χ1v) is 7.82. The fraction of sp³-hybridized carbons (Fsp3) is 0. The van der Waals surface area contributed by atoms with Crippen LogP contribution in [-0.2, 0) is 0 Å². The Kier molecular flexibility index (Phi) is 3.84. The SMILES string of the molecule is O=C(Nc1ccccc1)Nc1nccc(-n2ccc3ccccc32)n1. The minimum atomic E-state index is -0.388. The second-order valence-corrected chi connectivity index (χ2v) is 5.43. The minimum absolute atomic E-state index is 0.240. The van der Waals surface area contributed by atoms with Crippen LogP contribution in [0.1, 0.15) is 0 Å². The van der Waals surface area contributed by atoms with E-state index < -0.39 is 0 Å². The summed E-state index contributed by atoms with van der Waals surface area (Å²) in [5.41, 5.74) is 1.74. The van der Waals surface area contributed by atoms with Gasteiger partial charge in [-0.05, 0) is 35.7 Å². The number of carbonyl (C=O) groups excluding carboxylic acids is 1. The Hall–Kier alpha value is -3.67. The maximum Gasteiger partial charge on any atom is 0.326 e. The first-order chi connectivity index (χ1) is 12.3. The lowest BCUT2D eigenvalue weighted by Crippen LogP contribution is -2.21. The predicted octanol–water partition coefficient (Wildman–Crippen LogP) is 4.06. The normalized spacial score (nSPS) is 10.6. The highest BCUT2D eigenvalue weighted by atomic mass is 16.2. The van der Waals surface area contributed by atoms with Gasteiger partial charge in [0.1, 0.15) is 5.82 Å². The lowest BCUT2D eigenvalue weighted by molar-refractivity contribution is 0.262. The van der Waals surface area contributed by atoms with Crippen molar-refractivity contribution in [1.29, 1.82) is 0 Å². The number of aromatic nitrogens is 3. The molecule has 0 atom stereocenters. The number of hydrogen-bond acceptors (Lipinski definition) is 3. The molecular formula is C19H15N5O. The highest BCUT2D eigenvalue weighted by Gasteiger charge is 2.08. The molecule has 4 rings (SSSR count). The van der Waals surface area contributed by atoms with E-state index >= 15 is 0 Å². The van der Waals surface area contributed by atoms with Crippen LogP contribution in [-0.4, -0.2) is 20.6 Å². The molecule has 0 unspecified atom stereocenters. The van der Waals surface area contributed by atoms with Crippen molar-refractivity contribution in [2.45, 2.75) is 0 Å². The Morgan fingerprint density at radius 2 is 1.68 bits per heavy atom. The molecule has 2 heterocycles. The van der Waals surface area contributed by atoms with E-state index in [1.165, 1.54) is 0 Å². The van der Waals surface area contributed by atoms with Crippen molar-refractivity contribution in [3.63, 3.8) is 0 Å². The van der Waals surface area contributed by atoms with Gasteiger partial charge < -0.3 is 9.88 Å². The number of rotatable bonds is 3. The number of fused-ring (bicyclic) bond motifs is 1. The molecule has 122 valence electrons. The quantitative estimate of drug-likeness (QED) is 0.595. The van der Waals surface area contributed by atoms with Gasteiger partial charge >= 0.3 is 6.03 Å². The summed E-state index contributed by atoms with van der Waals surface area (Å²) < 4.78 is 1.96. The van der Waals surface area contributed by atoms with Gasteiger partial charge in [0.05, 0.1) is 5.52 Å². The van der Waals surface area contributed by atoms with Gasteiger partial charge in [0.25, 0.3) is 0 Å². The van der Waals surface area contributed by atoms with Gasteiger partial charge in [-0.15, -0.1) is 0 Å². The Balaban J connectivity index is 1.56. The van der Waals surface area contributed by atoms with Gasteiger partial charge in [-0.25, -0.2) is 9.78 Å². The van der Waals surface area contributed by atoms with Gasteiger partial charge in [-0.1, -0.05) is 36.4 Å². The third-order valence-corrected chi connectivity index (χ3v) is 3.74. The minimum Gasteiger partial charge on any atom is -0.308 e. The van der Waals surface area contributed by atoms with Crippen molar-refractivity contribution in [1.82, 2.24) is 14.5 Å². The van der Waals surface area contributed by atoms with E-state index in [0.717, 1.165) is 10.9 Å². The van der Waals surface area contributed by atoms with Gasteiger partial charge in [0.2, 0.25) is 5.95 Å². The number of urea groups is 1. The Morgan fingerprint density at radius 3 is 2.56 bits per heavy atom. The topological polar surface area (TPSA) is 71.8 Å². The lowest BCUT2D eigenvalue weighted by atomic mass is 10.2. The standard InChI is InChI=1S/C19H15N5O/c25-19(21-15-7-2-1-3-8-15)23-18-20-12-10-17(22-18)24-13-11-14-6-4-5-9-16(14)24/h1-13H,(H2,20,21,22,23,25). The number of hydrogen-bond donors (Lipinski definition) is 2. The summed E-state index contributed by atoms with van der Waals surface area (Å²) in [6.07, 6.45) is 3.57. The van der Waals surface area contributed by atoms with E-state index in [1.807, 2.05) is 71.4 Å². The van der Waals surface area contributed by atoms with Crippen molar-refractivity contribution in [2.75, 3.05) is 10.6 Å². The van der Waals surface area contributed by atoms with Gasteiger partial charge in [-0.2, -0.15) is 4.98 Å². The van der Waals surface area contributed by atoms with Gasteiger partial charge in [0, 0.05) is 18.1 Å². The number of para-hydroxylation sites is 2. The highest BCUT2D eigenvalue weighted by Crippen LogP contribution is 2.19. The maximum atomic E-state index is 12.1. The summed E-state index contributed by atoms with van der Waals surface area (Å²) in [5, 5.41) is 6.52. The fourth-order valence-corrected chi connectivity index (χ4v) is 2.61. The van der Waals surface area contributed by atoms with E-state index in [9.17, 15) is 4.79 Å². The van der Waals surface area contributed by atoms with Gasteiger partial charge in [0.15, 0.2) is 0 Å². The van der Waals surface area contributed by atoms with Crippen molar-refractivity contribution in [2.24, 2.45) is 0 Å². The van der Waals surface area contributed by atoms with Gasteiger partial charge in [-0.3, -0.25) is 5.32 Å². The zero-order valence-electron chi connectivity index (χ0n) is 13.3. The average molecular weight is 329 g/mol. The van der Waals surface area contributed by atoms with Crippen LogP contribution in [0, 0.1) is 0 Å². The highest BCUT2D eigenvalue weighted by molar-refractivity contribution is 5.98. The van der Waals surface area contributed by atoms with E-state index in [2.05, 4.69) is 20.6 Å². The molecule has 2 N–H and O–H groups in total. The molecule has 0 aliphatic carbocycles. The van der Waals surface area contributed by atoms with Crippen LogP contribution in [0.25, 0.3) is 16.7 Å². The molecule has 0 saturated heterocycles. The summed E-state index contributed by atoms with van der Waals surface area (Å²) in [6, 6.07) is 20.7. The number of amides is 2. The summed E-state index contributed by atoms with van der Waals surface area (Å²) in [4.78, 5) is 20.6. The third kappa shape index (κ3) is 3.18. The van der Waals surface area contributed by atoms with E-state index in [4.69, 9.17) is 0 Å². The van der Waals surface area contributed by atoms with Crippen molar-refractivity contribution < 1.29 is 4.79 Å². The molecule has 0 saturated carbocycles. The summed E-state index contributed by atoms with van der Waals surface area (Å²) in [7, 11) is 0. The summed E-state index contributed by atoms with van der Waals surface area (Å²) in [6.45, 7) is 0. The molecule has 0 aliphatic rings. The second kappa shape index (κ2) is 6.45. The molecule has 0 radical (unpaired) electrons. The maximum absolute atomic E-state index is 12.1. The lowest BCUT2D eigenvalue weighted by Gasteiger charge is -2.08. The number of benzene rings is 2. The number of anilines is 2. The van der Waals surface area contributed by atoms with E-state index in [1.54, 1.807) is 12.3 Å². The first-order valence-electron chi connectivity index (χ1n) is 7.82. The molecular weight excluding hydrogens is 314 g/mol. The summed E-state index contributed by atoms with van der Waals surface area (Å²) in [5.74, 6) is 0.926. The second-order valence-electron chi connectivity index (χ2n) is 5.43. The first kappa shape index (κ1) is 14.9. The number of nitrogens with zero attached hydrogens (tertiary/aromatic N) is 3. The Labute approximate surface area is 144 Å². The number of nitrogens with one attached hydrogen (secondary N) is 2. The largest absolute Gasteiger partial charge is 0.326 e. The van der Waals surface area contributed by atoms with Crippen LogP contribution in [0.3, 0.4) is 0 Å². The molecule has 0 aliphatic heterocycles. The predicted molar refractivity (Wildman–Crippen MR) is 97.9 cm³/mol. The van der Waals surface area contributed by atoms with Crippen LogP contribution in [0.2, 0.25) is 0 Å². The molecule has 25 heavy (non-hydrogen) atoms. The molecule has 0 spiro atoms. The van der Waals surface area contributed by atoms with Crippen molar-refractivity contribution in [3.05, 3.63) is 79.1 Å². The molecule has 2 aromatic heterocycles. The van der Waals surface area contributed by atoms with Crippen LogP contribution < -0.4 is 10.6 Å². The Morgan fingerprint density at radius 1 is 0.880 bits per heavy atom. The molecule has 6 nitrogen and oxygen atoms in total. The monoisotopic (exact) mass is 329 g/mol. The smallest absolute Gasteiger partial charge is 0.308 e. The van der Waals surface area contributed by atoms with Crippen molar-refractivity contribution >= 4 is 28.6 Å². The van der Waals surface area contributed by atoms with E-state index in [0.29, 0.717) is 11.5 Å². The van der Waals surface area contributed by atoms with E-state index in [-0.39, 0.29) is 12.0 Å². The molecule has 2 amide bonds. The number of carbonyl (C=O) groups is 1. The fourth-order valence-electron chi connectivity index (χ4n) is 2.61. The molecule has 4 aromatic rings. The van der Waals surface area contributed by atoms with Crippen LogP contribution in [0.4, 0.5) is 16.4 Å². The molecule has 6 heteroatoms. The summed E-state index contributed by atoms with van der Waals surface area (Å²) >= 11 is 0. The van der Waals surface area contributed by atoms with Crippen molar-refractivity contribution in [3.8, 4) is 5.82 Å².